The number of carbonyl (C=O) groups is 3. The first-order valence-electron chi connectivity index (χ1n) is 10.9. The summed E-state index contributed by atoms with van der Waals surface area (Å²) in [5.41, 5.74) is -1.81. The Balaban J connectivity index is 3.21. The minimum Gasteiger partial charge on any atom is -0.506 e. The van der Waals surface area contributed by atoms with Gasteiger partial charge in [-0.2, -0.15) is 0 Å². The van der Waals surface area contributed by atoms with Crippen LogP contribution in [0.2, 0.25) is 0 Å². The van der Waals surface area contributed by atoms with Crippen LogP contribution in [0.15, 0.2) is 18.3 Å². The summed E-state index contributed by atoms with van der Waals surface area (Å²) < 4.78 is 16.3. The highest BCUT2D eigenvalue weighted by Crippen LogP contribution is 2.22. The third kappa shape index (κ3) is 12.1. The van der Waals surface area contributed by atoms with Gasteiger partial charge < -0.3 is 24.6 Å². The zero-order chi connectivity index (χ0) is 25.6. The number of esters is 2. The van der Waals surface area contributed by atoms with E-state index in [9.17, 15) is 19.5 Å². The Morgan fingerprint density at radius 2 is 1.39 bits per heavy atom. The van der Waals surface area contributed by atoms with E-state index in [1.807, 2.05) is 0 Å². The second-order valence-electron chi connectivity index (χ2n) is 10.9. The number of rotatable bonds is 7. The van der Waals surface area contributed by atoms with Crippen molar-refractivity contribution in [1.29, 1.82) is 0 Å². The summed E-state index contributed by atoms with van der Waals surface area (Å²) in [6.45, 7) is 15.5. The summed E-state index contributed by atoms with van der Waals surface area (Å²) in [7, 11) is 0. The lowest BCUT2D eigenvalue weighted by atomic mass is 9.94. The molecule has 2 unspecified atom stereocenters. The van der Waals surface area contributed by atoms with Gasteiger partial charge in [0.15, 0.2) is 0 Å². The molecule has 0 aliphatic heterocycles. The van der Waals surface area contributed by atoms with E-state index in [0.717, 1.165) is 0 Å². The van der Waals surface area contributed by atoms with Crippen LogP contribution in [0.5, 0.6) is 5.75 Å². The fourth-order valence-electron chi connectivity index (χ4n) is 2.76. The van der Waals surface area contributed by atoms with Crippen LogP contribution in [0.25, 0.3) is 0 Å². The van der Waals surface area contributed by atoms with Crippen LogP contribution in [0.4, 0.5) is 4.79 Å². The molecule has 0 aromatic carbocycles. The predicted molar refractivity (Wildman–Crippen MR) is 123 cm³/mol. The molecular formula is C24H38N2O7. The van der Waals surface area contributed by atoms with E-state index in [1.165, 1.54) is 12.3 Å². The lowest BCUT2D eigenvalue weighted by molar-refractivity contribution is -0.162. The zero-order valence-corrected chi connectivity index (χ0v) is 21.1. The Morgan fingerprint density at radius 1 is 0.879 bits per heavy atom. The molecule has 0 saturated heterocycles. The van der Waals surface area contributed by atoms with Crippen LogP contribution < -0.4 is 5.32 Å². The maximum Gasteiger partial charge on any atom is 0.408 e. The molecule has 1 rings (SSSR count). The summed E-state index contributed by atoms with van der Waals surface area (Å²) in [4.78, 5) is 42.4. The number of nitrogens with one attached hydrogen (secondary N) is 1. The Hall–Kier alpha value is -2.84. The minimum atomic E-state index is -1.16. The second-order valence-corrected chi connectivity index (χ2v) is 10.9. The van der Waals surface area contributed by atoms with E-state index in [0.29, 0.717) is 5.69 Å². The van der Waals surface area contributed by atoms with Gasteiger partial charge in [0.25, 0.3) is 0 Å². The van der Waals surface area contributed by atoms with Crippen molar-refractivity contribution in [3.05, 3.63) is 24.0 Å². The second kappa shape index (κ2) is 10.9. The molecule has 2 atom stereocenters. The molecule has 0 spiro atoms. The number of carbonyl (C=O) groups excluding carboxylic acids is 3. The normalized spacial score (nSPS) is 14.1. The molecule has 9 nitrogen and oxygen atoms in total. The fourth-order valence-corrected chi connectivity index (χ4v) is 2.76. The number of hydrogen-bond acceptors (Lipinski definition) is 8. The molecule has 1 heterocycles. The van der Waals surface area contributed by atoms with E-state index in [1.54, 1.807) is 68.4 Å². The van der Waals surface area contributed by atoms with E-state index >= 15 is 0 Å². The Kier molecular flexibility index (Phi) is 9.27. The van der Waals surface area contributed by atoms with Crippen LogP contribution in [0.1, 0.15) is 74.4 Å². The molecule has 9 heteroatoms. The average Bonchev–Trinajstić information content (AvgIpc) is 2.57. The molecule has 1 aromatic heterocycles. The van der Waals surface area contributed by atoms with Gasteiger partial charge in [-0.15, -0.1) is 0 Å². The largest absolute Gasteiger partial charge is 0.506 e. The van der Waals surface area contributed by atoms with Crippen molar-refractivity contribution in [1.82, 2.24) is 10.3 Å². The maximum absolute atomic E-state index is 13.0. The number of ether oxygens (including phenoxy) is 3. The van der Waals surface area contributed by atoms with E-state index in [2.05, 4.69) is 10.3 Å². The monoisotopic (exact) mass is 466 g/mol. The average molecular weight is 467 g/mol. The van der Waals surface area contributed by atoms with Crippen LogP contribution in [0, 0.1) is 5.92 Å². The maximum atomic E-state index is 13.0. The van der Waals surface area contributed by atoms with Crippen LogP contribution >= 0.6 is 0 Å². The molecule has 0 radical (unpaired) electrons. The van der Waals surface area contributed by atoms with Gasteiger partial charge in [-0.3, -0.25) is 9.78 Å². The van der Waals surface area contributed by atoms with Gasteiger partial charge in [-0.1, -0.05) is 0 Å². The van der Waals surface area contributed by atoms with E-state index in [4.69, 9.17) is 14.2 Å². The van der Waals surface area contributed by atoms with E-state index in [-0.39, 0.29) is 18.6 Å². The summed E-state index contributed by atoms with van der Waals surface area (Å²) in [5.74, 6) is -2.07. The summed E-state index contributed by atoms with van der Waals surface area (Å²) in [6.07, 6.45) is 0.506. The van der Waals surface area contributed by atoms with Gasteiger partial charge in [0.2, 0.25) is 0 Å². The van der Waals surface area contributed by atoms with Gasteiger partial charge in [0.1, 0.15) is 28.6 Å². The van der Waals surface area contributed by atoms with Crippen LogP contribution in [-0.4, -0.2) is 51.0 Å². The lowest BCUT2D eigenvalue weighted by Crippen LogP contribution is -2.48. The van der Waals surface area contributed by atoms with Crippen LogP contribution in [0.3, 0.4) is 0 Å². The Morgan fingerprint density at radius 3 is 1.85 bits per heavy atom. The first-order chi connectivity index (χ1) is 14.8. The molecule has 186 valence electrons. The summed E-state index contributed by atoms with van der Waals surface area (Å²) >= 11 is 0. The molecule has 33 heavy (non-hydrogen) atoms. The van der Waals surface area contributed by atoms with Crippen molar-refractivity contribution in [2.75, 3.05) is 0 Å². The standard InChI is InChI=1S/C24H38N2O7/c1-22(2,3)31-19(28)15(12-16-10-11-17(27)14-25-16)13-18(20(29)32-23(4,5)6)26-21(30)33-24(7,8)9/h10-11,14-15,18,27H,12-13H2,1-9H3,(H,26,30). The molecule has 0 saturated carbocycles. The number of aromatic hydroxyl groups is 1. The predicted octanol–water partition coefficient (Wildman–Crippen LogP) is 3.91. The van der Waals surface area contributed by atoms with Gasteiger partial charge >= 0.3 is 18.0 Å². The molecular weight excluding hydrogens is 428 g/mol. The minimum absolute atomic E-state index is 0.00853. The molecule has 0 bridgehead atoms. The summed E-state index contributed by atoms with van der Waals surface area (Å²) in [6, 6.07) is 1.88. The summed E-state index contributed by atoms with van der Waals surface area (Å²) in [5, 5.41) is 12.0. The third-order valence-corrected chi connectivity index (χ3v) is 3.91. The quantitative estimate of drug-likeness (QED) is 0.458. The Labute approximate surface area is 196 Å². The van der Waals surface area contributed by atoms with Gasteiger partial charge in [-0.25, -0.2) is 9.59 Å². The smallest absolute Gasteiger partial charge is 0.408 e. The number of alkyl carbamates (subject to hydrolysis) is 1. The topological polar surface area (TPSA) is 124 Å². The van der Waals surface area contributed by atoms with Gasteiger partial charge in [0.05, 0.1) is 12.1 Å². The molecule has 0 aliphatic carbocycles. The number of aromatic nitrogens is 1. The highest BCUT2D eigenvalue weighted by molar-refractivity contribution is 5.83. The van der Waals surface area contributed by atoms with Crippen molar-refractivity contribution in [2.45, 2.75) is 98.0 Å². The molecule has 1 amide bonds. The first kappa shape index (κ1) is 28.2. The van der Waals surface area contributed by atoms with Crippen molar-refractivity contribution in [2.24, 2.45) is 5.92 Å². The number of pyridine rings is 1. The van der Waals surface area contributed by atoms with Gasteiger partial charge in [-0.05, 0) is 80.9 Å². The van der Waals surface area contributed by atoms with Crippen molar-refractivity contribution in [3.63, 3.8) is 0 Å². The Bertz CT molecular complexity index is 815. The SMILES string of the molecule is CC(C)(C)OC(=O)NC(CC(Cc1ccc(O)cn1)C(=O)OC(C)(C)C)C(=O)OC(C)(C)C. The van der Waals surface area contributed by atoms with Crippen LogP contribution in [-0.2, 0) is 30.2 Å². The molecule has 0 fully saturated rings. The molecule has 0 aliphatic rings. The highest BCUT2D eigenvalue weighted by Gasteiger charge is 2.35. The highest BCUT2D eigenvalue weighted by atomic mass is 16.6. The van der Waals surface area contributed by atoms with Crippen molar-refractivity contribution >= 4 is 18.0 Å². The number of hydrogen-bond donors (Lipinski definition) is 2. The lowest BCUT2D eigenvalue weighted by Gasteiger charge is -2.29. The molecule has 2 N–H and O–H groups in total. The van der Waals surface area contributed by atoms with Crippen molar-refractivity contribution in [3.8, 4) is 5.75 Å². The third-order valence-electron chi connectivity index (χ3n) is 3.91. The van der Waals surface area contributed by atoms with E-state index < -0.39 is 46.8 Å². The van der Waals surface area contributed by atoms with Gasteiger partial charge in [0, 0.05) is 12.1 Å². The number of nitrogens with zero attached hydrogens (tertiary/aromatic N) is 1. The number of amides is 1. The zero-order valence-electron chi connectivity index (χ0n) is 21.1. The fraction of sp³-hybridized carbons (Fsp3) is 0.667. The van der Waals surface area contributed by atoms with Crippen molar-refractivity contribution < 1.29 is 33.7 Å². The molecule has 1 aromatic rings. The first-order valence-corrected chi connectivity index (χ1v) is 10.9.